The van der Waals surface area contributed by atoms with E-state index in [9.17, 15) is 4.79 Å². The normalized spacial score (nSPS) is 10.9. The molecule has 0 atom stereocenters. The fraction of sp³-hybridized carbons (Fsp3) is 0.235. The van der Waals surface area contributed by atoms with E-state index < -0.39 is 0 Å². The second kappa shape index (κ2) is 6.38. The molecule has 0 unspecified atom stereocenters. The number of carbonyl (C=O) groups is 1. The Balaban J connectivity index is 1.68. The molecule has 2 heterocycles. The molecule has 3 aromatic rings. The van der Waals surface area contributed by atoms with E-state index >= 15 is 0 Å². The van der Waals surface area contributed by atoms with Crippen LogP contribution in [0.15, 0.2) is 36.5 Å². The highest BCUT2D eigenvalue weighted by molar-refractivity contribution is 6.30. The van der Waals surface area contributed by atoms with E-state index in [1.807, 2.05) is 44.2 Å². The van der Waals surface area contributed by atoms with Crippen LogP contribution in [0.2, 0.25) is 5.02 Å². The highest BCUT2D eigenvalue weighted by atomic mass is 35.5. The molecule has 23 heavy (non-hydrogen) atoms. The molecule has 1 aromatic carbocycles. The minimum Gasteiger partial charge on any atom is -0.352 e. The van der Waals surface area contributed by atoms with Gasteiger partial charge in [-0.2, -0.15) is 5.10 Å². The van der Waals surface area contributed by atoms with Gasteiger partial charge in [0.25, 0.3) is 5.91 Å². The van der Waals surface area contributed by atoms with Crippen LogP contribution in [0, 0.1) is 13.8 Å². The molecule has 5 nitrogen and oxygen atoms in total. The molecule has 1 N–H and O–H groups in total. The smallest absolute Gasteiger partial charge is 0.254 e. The third-order valence-electron chi connectivity index (χ3n) is 3.70. The van der Waals surface area contributed by atoms with Crippen LogP contribution in [0.3, 0.4) is 0 Å². The van der Waals surface area contributed by atoms with Gasteiger partial charge in [-0.15, -0.1) is 0 Å². The standard InChI is InChI=1S/C17H17ClN4O/c1-11-9-16-20-10-15(12(2)22(16)21-11)17(23)19-8-7-13-3-5-14(18)6-4-13/h3-6,9-10H,7-8H2,1-2H3,(H,19,23). The molecule has 0 spiro atoms. The molecule has 0 radical (unpaired) electrons. The number of hydrogen-bond donors (Lipinski definition) is 1. The molecular weight excluding hydrogens is 312 g/mol. The maximum Gasteiger partial charge on any atom is 0.254 e. The van der Waals surface area contributed by atoms with Crippen LogP contribution in [0.5, 0.6) is 0 Å². The fourth-order valence-electron chi connectivity index (χ4n) is 2.45. The maximum absolute atomic E-state index is 12.3. The van der Waals surface area contributed by atoms with Crippen molar-refractivity contribution in [3.63, 3.8) is 0 Å². The number of nitrogens with one attached hydrogen (secondary N) is 1. The molecule has 1 amide bonds. The second-order valence-electron chi connectivity index (χ2n) is 5.45. The monoisotopic (exact) mass is 328 g/mol. The topological polar surface area (TPSA) is 59.3 Å². The van der Waals surface area contributed by atoms with Gasteiger partial charge >= 0.3 is 0 Å². The molecule has 0 aliphatic carbocycles. The highest BCUT2D eigenvalue weighted by Gasteiger charge is 2.13. The zero-order chi connectivity index (χ0) is 16.4. The molecule has 2 aromatic heterocycles. The second-order valence-corrected chi connectivity index (χ2v) is 5.88. The predicted octanol–water partition coefficient (Wildman–Crippen LogP) is 2.97. The Morgan fingerprint density at radius 3 is 2.74 bits per heavy atom. The Kier molecular flexibility index (Phi) is 4.30. The summed E-state index contributed by atoms with van der Waals surface area (Å²) in [6.07, 6.45) is 2.35. The van der Waals surface area contributed by atoms with Gasteiger partial charge < -0.3 is 5.32 Å². The van der Waals surface area contributed by atoms with E-state index in [1.54, 1.807) is 10.7 Å². The summed E-state index contributed by atoms with van der Waals surface area (Å²) >= 11 is 5.86. The minimum atomic E-state index is -0.140. The highest BCUT2D eigenvalue weighted by Crippen LogP contribution is 2.12. The lowest BCUT2D eigenvalue weighted by molar-refractivity contribution is 0.0952. The van der Waals surface area contributed by atoms with Crippen LogP contribution in [0.1, 0.15) is 27.3 Å². The predicted molar refractivity (Wildman–Crippen MR) is 90.0 cm³/mol. The van der Waals surface area contributed by atoms with Crippen molar-refractivity contribution in [2.24, 2.45) is 0 Å². The quantitative estimate of drug-likeness (QED) is 0.801. The molecule has 0 saturated heterocycles. The molecule has 118 valence electrons. The number of amides is 1. The molecule has 0 aliphatic rings. The molecule has 0 saturated carbocycles. The fourth-order valence-corrected chi connectivity index (χ4v) is 2.58. The van der Waals surface area contributed by atoms with Crippen molar-refractivity contribution in [3.05, 3.63) is 64.1 Å². The molecule has 0 aliphatic heterocycles. The lowest BCUT2D eigenvalue weighted by atomic mass is 10.1. The number of hydrogen-bond acceptors (Lipinski definition) is 3. The van der Waals surface area contributed by atoms with Gasteiger partial charge in [0.05, 0.1) is 17.0 Å². The number of halogens is 1. The molecule has 6 heteroatoms. The first-order valence-corrected chi connectivity index (χ1v) is 7.77. The van der Waals surface area contributed by atoms with Crippen molar-refractivity contribution in [3.8, 4) is 0 Å². The Labute approximate surface area is 139 Å². The zero-order valence-corrected chi connectivity index (χ0v) is 13.8. The van der Waals surface area contributed by atoms with E-state index in [2.05, 4.69) is 15.4 Å². The maximum atomic E-state index is 12.3. The largest absolute Gasteiger partial charge is 0.352 e. The average Bonchev–Trinajstić information content (AvgIpc) is 2.91. The number of aromatic nitrogens is 3. The number of rotatable bonds is 4. The zero-order valence-electron chi connectivity index (χ0n) is 13.0. The number of aryl methyl sites for hydroxylation is 2. The SMILES string of the molecule is Cc1cc2ncc(C(=O)NCCc3ccc(Cl)cc3)c(C)n2n1. The van der Waals surface area contributed by atoms with Crippen LogP contribution >= 0.6 is 11.6 Å². The Hall–Kier alpha value is -2.40. The van der Waals surface area contributed by atoms with Gasteiger partial charge in [-0.3, -0.25) is 4.79 Å². The first-order chi connectivity index (χ1) is 11.0. The molecule has 0 fully saturated rings. The van der Waals surface area contributed by atoms with Crippen LogP contribution in [0.25, 0.3) is 5.65 Å². The molecular formula is C17H17ClN4O. The number of fused-ring (bicyclic) bond motifs is 1. The third kappa shape index (κ3) is 3.35. The molecule has 0 bridgehead atoms. The number of nitrogens with zero attached hydrogens (tertiary/aromatic N) is 3. The van der Waals surface area contributed by atoms with Crippen molar-refractivity contribution >= 4 is 23.2 Å². The van der Waals surface area contributed by atoms with Gasteiger partial charge in [-0.25, -0.2) is 9.50 Å². The van der Waals surface area contributed by atoms with E-state index in [-0.39, 0.29) is 5.91 Å². The summed E-state index contributed by atoms with van der Waals surface area (Å²) < 4.78 is 1.70. The summed E-state index contributed by atoms with van der Waals surface area (Å²) in [5, 5.41) is 7.99. The summed E-state index contributed by atoms with van der Waals surface area (Å²) in [6, 6.07) is 9.50. The summed E-state index contributed by atoms with van der Waals surface area (Å²) in [7, 11) is 0. The Morgan fingerprint density at radius 1 is 1.26 bits per heavy atom. The van der Waals surface area contributed by atoms with Crippen LogP contribution in [0.4, 0.5) is 0 Å². The lowest BCUT2D eigenvalue weighted by Gasteiger charge is -2.08. The van der Waals surface area contributed by atoms with Gasteiger partial charge in [0.1, 0.15) is 0 Å². The Bertz CT molecular complexity index is 855. The van der Waals surface area contributed by atoms with Gasteiger partial charge in [-0.1, -0.05) is 23.7 Å². The van der Waals surface area contributed by atoms with Gasteiger partial charge in [-0.05, 0) is 38.0 Å². The number of carbonyl (C=O) groups excluding carboxylic acids is 1. The minimum absolute atomic E-state index is 0.140. The van der Waals surface area contributed by atoms with Gasteiger partial charge in [0.15, 0.2) is 5.65 Å². The van der Waals surface area contributed by atoms with E-state index in [0.717, 1.165) is 29.0 Å². The first kappa shape index (κ1) is 15.5. The summed E-state index contributed by atoms with van der Waals surface area (Å²) in [6.45, 7) is 4.32. The van der Waals surface area contributed by atoms with Crippen molar-refractivity contribution in [2.45, 2.75) is 20.3 Å². The van der Waals surface area contributed by atoms with Crippen molar-refractivity contribution in [2.75, 3.05) is 6.54 Å². The van der Waals surface area contributed by atoms with E-state index in [1.165, 1.54) is 0 Å². The van der Waals surface area contributed by atoms with Crippen molar-refractivity contribution in [1.82, 2.24) is 19.9 Å². The third-order valence-corrected chi connectivity index (χ3v) is 3.96. The van der Waals surface area contributed by atoms with Crippen molar-refractivity contribution < 1.29 is 4.79 Å². The molecule has 3 rings (SSSR count). The summed E-state index contributed by atoms with van der Waals surface area (Å²) in [5.74, 6) is -0.140. The Morgan fingerprint density at radius 2 is 2.00 bits per heavy atom. The van der Waals surface area contributed by atoms with Crippen LogP contribution in [-0.2, 0) is 6.42 Å². The first-order valence-electron chi connectivity index (χ1n) is 7.39. The van der Waals surface area contributed by atoms with Crippen LogP contribution < -0.4 is 5.32 Å². The van der Waals surface area contributed by atoms with Crippen molar-refractivity contribution in [1.29, 1.82) is 0 Å². The van der Waals surface area contributed by atoms with Crippen LogP contribution in [-0.4, -0.2) is 27.0 Å². The summed E-state index contributed by atoms with van der Waals surface area (Å²) in [5.41, 5.74) is 4.07. The lowest BCUT2D eigenvalue weighted by Crippen LogP contribution is -2.27. The van der Waals surface area contributed by atoms with Gasteiger partial charge in [0, 0.05) is 23.8 Å². The van der Waals surface area contributed by atoms with E-state index in [0.29, 0.717) is 17.1 Å². The van der Waals surface area contributed by atoms with Gasteiger partial charge in [0.2, 0.25) is 0 Å². The van der Waals surface area contributed by atoms with E-state index in [4.69, 9.17) is 11.6 Å². The summed E-state index contributed by atoms with van der Waals surface area (Å²) in [4.78, 5) is 16.6. The number of benzene rings is 1. The average molecular weight is 329 g/mol.